The van der Waals surface area contributed by atoms with E-state index in [9.17, 15) is 4.79 Å². The molecule has 23 heavy (non-hydrogen) atoms. The van der Waals surface area contributed by atoms with Gasteiger partial charge in [-0.15, -0.1) is 10.2 Å². The van der Waals surface area contributed by atoms with E-state index >= 15 is 0 Å². The summed E-state index contributed by atoms with van der Waals surface area (Å²) in [6.07, 6.45) is 2.14. The molecule has 1 aromatic rings. The van der Waals surface area contributed by atoms with Crippen LogP contribution in [0.5, 0.6) is 0 Å². The van der Waals surface area contributed by atoms with E-state index in [-0.39, 0.29) is 5.91 Å². The highest BCUT2D eigenvalue weighted by molar-refractivity contribution is 5.75. The molecule has 1 atom stereocenters. The van der Waals surface area contributed by atoms with E-state index < -0.39 is 0 Å². The lowest BCUT2D eigenvalue weighted by Gasteiger charge is -2.31. The van der Waals surface area contributed by atoms with Gasteiger partial charge in [0.05, 0.1) is 26.3 Å². The average Bonchev–Trinajstić information content (AvgIpc) is 2.89. The van der Waals surface area contributed by atoms with Crippen LogP contribution in [0.15, 0.2) is 0 Å². The number of hydrogen-bond acceptors (Lipinski definition) is 6. The molecule has 0 saturated carbocycles. The Kier molecular flexibility index (Phi) is 5.24. The maximum atomic E-state index is 11.1. The first-order valence-corrected chi connectivity index (χ1v) is 8.32. The number of carbonyl (C=O) groups excluding carboxylic acids is 1. The Morgan fingerprint density at radius 2 is 2.04 bits per heavy atom. The van der Waals surface area contributed by atoms with E-state index in [1.807, 2.05) is 7.05 Å². The summed E-state index contributed by atoms with van der Waals surface area (Å²) in [7, 11) is 2.04. The van der Waals surface area contributed by atoms with Crippen LogP contribution in [0, 0.1) is 0 Å². The van der Waals surface area contributed by atoms with Crippen molar-refractivity contribution >= 4 is 5.91 Å². The van der Waals surface area contributed by atoms with E-state index in [0.29, 0.717) is 12.5 Å². The first-order valence-electron chi connectivity index (χ1n) is 8.32. The van der Waals surface area contributed by atoms with Crippen LogP contribution < -0.4 is 5.73 Å². The Morgan fingerprint density at radius 3 is 2.78 bits per heavy atom. The number of rotatable bonds is 5. The van der Waals surface area contributed by atoms with Crippen molar-refractivity contribution < 1.29 is 9.53 Å². The van der Waals surface area contributed by atoms with Crippen molar-refractivity contribution in [3.05, 3.63) is 11.6 Å². The number of piperidine rings is 1. The fraction of sp³-hybridized carbons (Fsp3) is 0.800. The van der Waals surface area contributed by atoms with Gasteiger partial charge in [0.1, 0.15) is 11.6 Å². The fourth-order valence-corrected chi connectivity index (χ4v) is 3.46. The summed E-state index contributed by atoms with van der Waals surface area (Å²) in [5.74, 6) is 2.06. The van der Waals surface area contributed by atoms with Crippen molar-refractivity contribution in [1.29, 1.82) is 0 Å². The van der Waals surface area contributed by atoms with Crippen LogP contribution in [-0.4, -0.2) is 76.4 Å². The van der Waals surface area contributed by atoms with Crippen LogP contribution in [0.4, 0.5) is 0 Å². The van der Waals surface area contributed by atoms with E-state index in [4.69, 9.17) is 10.5 Å². The first-order chi connectivity index (χ1) is 11.1. The average molecular weight is 322 g/mol. The maximum Gasteiger partial charge on any atom is 0.231 e. The van der Waals surface area contributed by atoms with Crippen molar-refractivity contribution in [3.63, 3.8) is 0 Å². The van der Waals surface area contributed by atoms with E-state index in [2.05, 4.69) is 24.6 Å². The summed E-state index contributed by atoms with van der Waals surface area (Å²) in [6, 6.07) is 0. The summed E-state index contributed by atoms with van der Waals surface area (Å²) in [5.41, 5.74) is 5.32. The molecular weight excluding hydrogens is 296 g/mol. The van der Waals surface area contributed by atoms with Gasteiger partial charge in [-0.25, -0.2) is 0 Å². The van der Waals surface area contributed by atoms with E-state index in [0.717, 1.165) is 70.4 Å². The molecule has 2 fully saturated rings. The zero-order valence-electron chi connectivity index (χ0n) is 13.8. The third kappa shape index (κ3) is 4.07. The number of likely N-dealkylation sites (tertiary alicyclic amines) is 1. The standard InChI is InChI=1S/C15H26N6O2/c1-19-14(11-20-5-7-23-8-6-20)17-18-15(19)12-3-2-4-21(9-12)10-13(16)22/h12H,2-11H2,1H3,(H2,16,22)/t12-/m0/s1. The molecule has 2 aliphatic heterocycles. The lowest BCUT2D eigenvalue weighted by molar-refractivity contribution is -0.119. The predicted molar refractivity (Wildman–Crippen MR) is 84.7 cm³/mol. The fourth-order valence-electron chi connectivity index (χ4n) is 3.46. The van der Waals surface area contributed by atoms with Crippen molar-refractivity contribution in [2.75, 3.05) is 45.9 Å². The Morgan fingerprint density at radius 1 is 1.26 bits per heavy atom. The van der Waals surface area contributed by atoms with Gasteiger partial charge in [-0.05, 0) is 19.4 Å². The summed E-state index contributed by atoms with van der Waals surface area (Å²) in [5, 5.41) is 8.82. The second-order valence-corrected chi connectivity index (χ2v) is 6.46. The molecule has 128 valence electrons. The number of primary amides is 1. The molecule has 0 unspecified atom stereocenters. The van der Waals surface area contributed by atoms with E-state index in [1.54, 1.807) is 0 Å². The topological polar surface area (TPSA) is 89.5 Å². The number of carbonyl (C=O) groups is 1. The number of hydrogen-bond donors (Lipinski definition) is 1. The molecule has 1 aromatic heterocycles. The second-order valence-electron chi connectivity index (χ2n) is 6.46. The van der Waals surface area contributed by atoms with Crippen LogP contribution >= 0.6 is 0 Å². The Hall–Kier alpha value is -1.51. The third-order valence-electron chi connectivity index (χ3n) is 4.72. The number of nitrogens with two attached hydrogens (primary N) is 1. The van der Waals surface area contributed by atoms with Gasteiger partial charge in [0, 0.05) is 32.6 Å². The molecule has 3 rings (SSSR count). The molecule has 2 saturated heterocycles. The predicted octanol–water partition coefficient (Wildman–Crippen LogP) is -0.688. The maximum absolute atomic E-state index is 11.1. The summed E-state index contributed by atoms with van der Waals surface area (Å²) in [4.78, 5) is 15.6. The first kappa shape index (κ1) is 16.4. The SMILES string of the molecule is Cn1c(CN2CCOCC2)nnc1[C@H]1CCCN(CC(N)=O)C1. The van der Waals surface area contributed by atoms with Gasteiger partial charge in [-0.3, -0.25) is 14.6 Å². The number of ether oxygens (including phenoxy) is 1. The molecule has 0 radical (unpaired) electrons. The molecule has 2 aliphatic rings. The number of nitrogens with zero attached hydrogens (tertiary/aromatic N) is 5. The van der Waals surface area contributed by atoms with Gasteiger partial charge in [0.25, 0.3) is 0 Å². The lowest BCUT2D eigenvalue weighted by atomic mass is 9.97. The molecule has 0 aliphatic carbocycles. The molecule has 3 heterocycles. The lowest BCUT2D eigenvalue weighted by Crippen LogP contribution is -2.40. The smallest absolute Gasteiger partial charge is 0.231 e. The summed E-state index contributed by atoms with van der Waals surface area (Å²) >= 11 is 0. The largest absolute Gasteiger partial charge is 0.379 e. The Bertz CT molecular complexity index is 540. The van der Waals surface area contributed by atoms with Gasteiger partial charge in [0.2, 0.25) is 5.91 Å². The van der Waals surface area contributed by atoms with Gasteiger partial charge in [0.15, 0.2) is 0 Å². The molecule has 1 amide bonds. The minimum absolute atomic E-state index is 0.267. The highest BCUT2D eigenvalue weighted by Crippen LogP contribution is 2.25. The monoisotopic (exact) mass is 322 g/mol. The second kappa shape index (κ2) is 7.37. The van der Waals surface area contributed by atoms with Crippen LogP contribution in [0.1, 0.15) is 30.4 Å². The molecule has 8 heteroatoms. The van der Waals surface area contributed by atoms with Gasteiger partial charge < -0.3 is 15.0 Å². The highest BCUT2D eigenvalue weighted by Gasteiger charge is 2.27. The molecule has 2 N–H and O–H groups in total. The van der Waals surface area contributed by atoms with Gasteiger partial charge in [-0.2, -0.15) is 0 Å². The van der Waals surface area contributed by atoms with Crippen LogP contribution in [0.3, 0.4) is 0 Å². The molecule has 0 bridgehead atoms. The quantitative estimate of drug-likeness (QED) is 0.772. The van der Waals surface area contributed by atoms with Crippen molar-refractivity contribution in [2.24, 2.45) is 12.8 Å². The Labute approximate surface area is 136 Å². The minimum Gasteiger partial charge on any atom is -0.379 e. The molecule has 0 aromatic carbocycles. The normalized spacial score (nSPS) is 24.0. The van der Waals surface area contributed by atoms with Crippen LogP contribution in [0.25, 0.3) is 0 Å². The summed E-state index contributed by atoms with van der Waals surface area (Å²) < 4.78 is 7.50. The zero-order valence-corrected chi connectivity index (χ0v) is 13.8. The van der Waals surface area contributed by atoms with E-state index in [1.165, 1.54) is 0 Å². The summed E-state index contributed by atoms with van der Waals surface area (Å²) in [6.45, 7) is 6.35. The molecular formula is C15H26N6O2. The zero-order chi connectivity index (χ0) is 16.2. The van der Waals surface area contributed by atoms with Crippen molar-refractivity contribution in [3.8, 4) is 0 Å². The molecule has 8 nitrogen and oxygen atoms in total. The Balaban J connectivity index is 1.64. The molecule has 0 spiro atoms. The van der Waals surface area contributed by atoms with Crippen molar-refractivity contribution in [2.45, 2.75) is 25.3 Å². The van der Waals surface area contributed by atoms with Gasteiger partial charge in [-0.1, -0.05) is 0 Å². The minimum atomic E-state index is -0.267. The van der Waals surface area contributed by atoms with Crippen LogP contribution in [0.2, 0.25) is 0 Å². The number of aromatic nitrogens is 3. The van der Waals surface area contributed by atoms with Crippen LogP contribution in [-0.2, 0) is 23.1 Å². The highest BCUT2D eigenvalue weighted by atomic mass is 16.5. The third-order valence-corrected chi connectivity index (χ3v) is 4.72. The number of amides is 1. The van der Waals surface area contributed by atoms with Crippen molar-refractivity contribution in [1.82, 2.24) is 24.6 Å². The number of morpholine rings is 1. The van der Waals surface area contributed by atoms with Gasteiger partial charge >= 0.3 is 0 Å².